The summed E-state index contributed by atoms with van der Waals surface area (Å²) in [6, 6.07) is 6.88. The standard InChI is InChI=1S/C22H34ClN5O2/c1-24-21(26-12-11-25-20(29)18-5-7-19(23)8-6-18)27-17-22(9-3-2-4-10-22)28-13-15-30-16-14-28/h5-8H,2-4,9-17H2,1H3,(H,25,29)(H2,24,26,27). The van der Waals surface area contributed by atoms with E-state index in [-0.39, 0.29) is 11.4 Å². The number of carbonyl (C=O) groups excluding carboxylic acids is 1. The number of aliphatic imine (C=N–C) groups is 1. The van der Waals surface area contributed by atoms with Crippen molar-refractivity contribution in [1.29, 1.82) is 0 Å². The highest BCUT2D eigenvalue weighted by atomic mass is 35.5. The molecule has 0 bridgehead atoms. The van der Waals surface area contributed by atoms with Gasteiger partial charge in [-0.25, -0.2) is 0 Å². The summed E-state index contributed by atoms with van der Waals surface area (Å²) >= 11 is 5.87. The van der Waals surface area contributed by atoms with Gasteiger partial charge in [-0.05, 0) is 37.1 Å². The molecule has 0 spiro atoms. The van der Waals surface area contributed by atoms with Gasteiger partial charge in [-0.2, -0.15) is 0 Å². The first-order valence-electron chi connectivity index (χ1n) is 10.9. The Morgan fingerprint density at radius 3 is 2.40 bits per heavy atom. The number of guanidine groups is 1. The zero-order chi connectivity index (χ0) is 21.2. The third-order valence-electron chi connectivity index (χ3n) is 6.08. The summed E-state index contributed by atoms with van der Waals surface area (Å²) in [6.45, 7) is 5.64. The SMILES string of the molecule is CN=C(NCCNC(=O)c1ccc(Cl)cc1)NCC1(N2CCOCC2)CCCCC1. The van der Waals surface area contributed by atoms with Crippen LogP contribution in [0.1, 0.15) is 42.5 Å². The molecule has 166 valence electrons. The number of nitrogens with zero attached hydrogens (tertiary/aromatic N) is 2. The van der Waals surface area contributed by atoms with Gasteiger partial charge >= 0.3 is 0 Å². The lowest BCUT2D eigenvalue weighted by Crippen LogP contribution is -2.60. The number of hydrogen-bond acceptors (Lipinski definition) is 4. The molecule has 0 unspecified atom stereocenters. The molecule has 1 heterocycles. The Morgan fingerprint density at radius 2 is 1.73 bits per heavy atom. The zero-order valence-electron chi connectivity index (χ0n) is 17.9. The lowest BCUT2D eigenvalue weighted by molar-refractivity contribution is -0.0352. The van der Waals surface area contributed by atoms with E-state index in [1.165, 1.54) is 32.1 Å². The second-order valence-corrected chi connectivity index (χ2v) is 8.44. The average molecular weight is 436 g/mol. The Balaban J connectivity index is 1.44. The van der Waals surface area contributed by atoms with E-state index in [4.69, 9.17) is 16.3 Å². The second-order valence-electron chi connectivity index (χ2n) is 8.00. The molecule has 30 heavy (non-hydrogen) atoms. The number of benzene rings is 1. The molecule has 8 heteroatoms. The summed E-state index contributed by atoms with van der Waals surface area (Å²) in [5, 5.41) is 10.4. The molecule has 1 aliphatic carbocycles. The monoisotopic (exact) mass is 435 g/mol. The molecule has 2 fully saturated rings. The number of halogens is 1. The molecular formula is C22H34ClN5O2. The summed E-state index contributed by atoms with van der Waals surface area (Å²) in [6.07, 6.45) is 6.32. The van der Waals surface area contributed by atoms with Crippen LogP contribution in [0, 0.1) is 0 Å². The van der Waals surface area contributed by atoms with Crippen LogP contribution in [0.15, 0.2) is 29.3 Å². The zero-order valence-corrected chi connectivity index (χ0v) is 18.6. The van der Waals surface area contributed by atoms with Gasteiger partial charge in [0.15, 0.2) is 5.96 Å². The van der Waals surface area contributed by atoms with Crippen LogP contribution in [0.25, 0.3) is 0 Å². The normalized spacial score (nSPS) is 19.9. The molecular weight excluding hydrogens is 402 g/mol. The van der Waals surface area contributed by atoms with Crippen molar-refractivity contribution in [3.8, 4) is 0 Å². The predicted molar refractivity (Wildman–Crippen MR) is 121 cm³/mol. The maximum absolute atomic E-state index is 12.2. The van der Waals surface area contributed by atoms with Crippen molar-refractivity contribution in [3.63, 3.8) is 0 Å². The largest absolute Gasteiger partial charge is 0.379 e. The van der Waals surface area contributed by atoms with Crippen LogP contribution in [-0.2, 0) is 4.74 Å². The highest BCUT2D eigenvalue weighted by Crippen LogP contribution is 2.33. The Morgan fingerprint density at radius 1 is 1.07 bits per heavy atom. The number of nitrogens with one attached hydrogen (secondary N) is 3. The van der Waals surface area contributed by atoms with Gasteiger partial charge in [0.1, 0.15) is 0 Å². The molecule has 3 N–H and O–H groups in total. The van der Waals surface area contributed by atoms with Gasteiger partial charge in [-0.15, -0.1) is 0 Å². The Bertz CT molecular complexity index is 698. The molecule has 0 atom stereocenters. The average Bonchev–Trinajstić information content (AvgIpc) is 2.80. The summed E-state index contributed by atoms with van der Waals surface area (Å²) in [5.74, 6) is 0.666. The van der Waals surface area contributed by atoms with Crippen LogP contribution in [0.5, 0.6) is 0 Å². The molecule has 1 saturated heterocycles. The van der Waals surface area contributed by atoms with Crippen molar-refractivity contribution in [2.75, 3.05) is 53.0 Å². The van der Waals surface area contributed by atoms with E-state index in [1.54, 1.807) is 31.3 Å². The molecule has 0 radical (unpaired) electrons. The fourth-order valence-electron chi connectivity index (χ4n) is 4.38. The van der Waals surface area contributed by atoms with Crippen LogP contribution in [0.3, 0.4) is 0 Å². The van der Waals surface area contributed by atoms with E-state index < -0.39 is 0 Å². The first kappa shape index (κ1) is 22.8. The van der Waals surface area contributed by atoms with E-state index in [0.717, 1.165) is 38.8 Å². The summed E-state index contributed by atoms with van der Waals surface area (Å²) in [7, 11) is 1.78. The number of ether oxygens (including phenoxy) is 1. The molecule has 1 amide bonds. The van der Waals surface area contributed by atoms with Gasteiger partial charge < -0.3 is 20.7 Å². The highest BCUT2D eigenvalue weighted by molar-refractivity contribution is 6.30. The number of amides is 1. The molecule has 1 aromatic carbocycles. The van der Waals surface area contributed by atoms with E-state index in [0.29, 0.717) is 23.7 Å². The van der Waals surface area contributed by atoms with Crippen molar-refractivity contribution in [2.24, 2.45) is 4.99 Å². The first-order valence-corrected chi connectivity index (χ1v) is 11.3. The fourth-order valence-corrected chi connectivity index (χ4v) is 4.51. The van der Waals surface area contributed by atoms with Crippen molar-refractivity contribution in [2.45, 2.75) is 37.6 Å². The van der Waals surface area contributed by atoms with Crippen LogP contribution in [0.2, 0.25) is 5.02 Å². The minimum Gasteiger partial charge on any atom is -0.379 e. The topological polar surface area (TPSA) is 78.0 Å². The van der Waals surface area contributed by atoms with Gasteiger partial charge in [0, 0.05) is 55.9 Å². The quantitative estimate of drug-likeness (QED) is 0.348. The van der Waals surface area contributed by atoms with Gasteiger partial charge in [-0.1, -0.05) is 30.9 Å². The number of morpholine rings is 1. The van der Waals surface area contributed by atoms with Crippen molar-refractivity contribution >= 4 is 23.5 Å². The number of carbonyl (C=O) groups is 1. The minimum atomic E-state index is -0.107. The van der Waals surface area contributed by atoms with Crippen LogP contribution in [-0.4, -0.2) is 75.3 Å². The second kappa shape index (κ2) is 11.5. The summed E-state index contributed by atoms with van der Waals surface area (Å²) in [5.41, 5.74) is 0.786. The van der Waals surface area contributed by atoms with Crippen molar-refractivity contribution in [1.82, 2.24) is 20.9 Å². The molecule has 0 aromatic heterocycles. The van der Waals surface area contributed by atoms with Crippen molar-refractivity contribution in [3.05, 3.63) is 34.9 Å². The smallest absolute Gasteiger partial charge is 0.251 e. The molecule has 1 saturated carbocycles. The van der Waals surface area contributed by atoms with E-state index >= 15 is 0 Å². The van der Waals surface area contributed by atoms with Crippen LogP contribution in [0.4, 0.5) is 0 Å². The van der Waals surface area contributed by atoms with Gasteiger partial charge in [0.05, 0.1) is 13.2 Å². The van der Waals surface area contributed by atoms with Crippen LogP contribution >= 0.6 is 11.6 Å². The fraction of sp³-hybridized carbons (Fsp3) is 0.636. The first-order chi connectivity index (χ1) is 14.6. The highest BCUT2D eigenvalue weighted by Gasteiger charge is 2.38. The lowest BCUT2D eigenvalue weighted by atomic mass is 9.80. The van der Waals surface area contributed by atoms with Gasteiger partial charge in [0.2, 0.25) is 0 Å². The van der Waals surface area contributed by atoms with Gasteiger partial charge in [0.25, 0.3) is 5.91 Å². The van der Waals surface area contributed by atoms with E-state index in [1.807, 2.05) is 0 Å². The molecule has 3 rings (SSSR count). The maximum atomic E-state index is 12.2. The third kappa shape index (κ3) is 6.33. The van der Waals surface area contributed by atoms with E-state index in [9.17, 15) is 4.79 Å². The molecule has 1 aromatic rings. The molecule has 7 nitrogen and oxygen atoms in total. The summed E-state index contributed by atoms with van der Waals surface area (Å²) in [4.78, 5) is 19.1. The minimum absolute atomic E-state index is 0.107. The molecule has 1 aliphatic heterocycles. The van der Waals surface area contributed by atoms with Gasteiger partial charge in [-0.3, -0.25) is 14.7 Å². The molecule has 2 aliphatic rings. The number of rotatable bonds is 7. The Kier molecular flexibility index (Phi) is 8.78. The Hall–Kier alpha value is -1.83. The lowest BCUT2D eigenvalue weighted by Gasteiger charge is -2.48. The van der Waals surface area contributed by atoms with E-state index in [2.05, 4.69) is 25.8 Å². The summed E-state index contributed by atoms with van der Waals surface area (Å²) < 4.78 is 5.57. The Labute approximate surface area is 184 Å². The number of hydrogen-bond donors (Lipinski definition) is 3. The van der Waals surface area contributed by atoms with Crippen LogP contribution < -0.4 is 16.0 Å². The third-order valence-corrected chi connectivity index (χ3v) is 6.34. The predicted octanol–water partition coefficient (Wildman–Crippen LogP) is 2.27. The van der Waals surface area contributed by atoms with Crippen molar-refractivity contribution < 1.29 is 9.53 Å². The maximum Gasteiger partial charge on any atom is 0.251 e.